The molecular weight excluding hydrogens is 137 g/mol. The molecule has 0 heterocycles. The average molecular weight is 142 g/mol. The smallest absolute Gasteiger partial charge is 0.313 e. The van der Waals surface area contributed by atoms with Crippen molar-refractivity contribution in [2.45, 2.75) is 12.8 Å². The molecule has 0 aliphatic rings. The Morgan fingerprint density at radius 3 is 2.44 bits per heavy atom. The normalized spacial score (nSPS) is 9.78. The van der Waals surface area contributed by atoms with Gasteiger partial charge in [-0.05, 0) is 0 Å². The number of alkyl halides is 3. The van der Waals surface area contributed by atoms with Crippen LogP contribution in [0, 0.1) is 0 Å². The van der Waals surface area contributed by atoms with Crippen LogP contribution in [0.2, 0.25) is 0 Å². The summed E-state index contributed by atoms with van der Waals surface area (Å²) in [7, 11) is 0. The van der Waals surface area contributed by atoms with Crippen LogP contribution in [-0.2, 0) is 9.53 Å². The molecule has 0 spiro atoms. The third kappa shape index (κ3) is 5.13. The Bertz CT molecular complexity index is 93.8. The van der Waals surface area contributed by atoms with Crippen LogP contribution >= 0.6 is 0 Å². The van der Waals surface area contributed by atoms with Gasteiger partial charge in [0, 0.05) is 0 Å². The van der Waals surface area contributed by atoms with Gasteiger partial charge in [0.15, 0.2) is 0 Å². The summed E-state index contributed by atoms with van der Waals surface area (Å²) in [4.78, 5) is 9.91. The summed E-state index contributed by atoms with van der Waals surface area (Å²) in [5.74, 6) is -1.22. The van der Waals surface area contributed by atoms with Gasteiger partial charge in [0.2, 0.25) is 13.3 Å². The minimum Gasteiger partial charge on any atom is -0.434 e. The third-order valence-electron chi connectivity index (χ3n) is 0.537. The van der Waals surface area contributed by atoms with E-state index in [0.29, 0.717) is 0 Å². The van der Waals surface area contributed by atoms with Gasteiger partial charge in [-0.3, -0.25) is 4.79 Å². The van der Waals surface area contributed by atoms with Crippen LogP contribution in [0.1, 0.15) is 6.42 Å². The Morgan fingerprint density at radius 1 is 1.56 bits per heavy atom. The molecule has 0 unspecified atom stereocenters. The topological polar surface area (TPSA) is 26.3 Å². The van der Waals surface area contributed by atoms with E-state index in [4.69, 9.17) is 0 Å². The van der Waals surface area contributed by atoms with E-state index in [1.54, 1.807) is 0 Å². The zero-order chi connectivity index (χ0) is 7.28. The van der Waals surface area contributed by atoms with Gasteiger partial charge in [0.1, 0.15) is 6.42 Å². The zero-order valence-electron chi connectivity index (χ0n) is 4.44. The van der Waals surface area contributed by atoms with Crippen LogP contribution in [0.4, 0.5) is 13.2 Å². The fraction of sp³-hybridized carbons (Fsp3) is 0.750. The third-order valence-corrected chi connectivity index (χ3v) is 0.537. The standard InChI is InChI=1S/C4H5F3O2/c5-2-9-4(8)1-3(6)7/h3H,1-2H2. The molecule has 9 heavy (non-hydrogen) atoms. The maximum atomic E-state index is 11.2. The number of hydrogen-bond donors (Lipinski definition) is 0. The zero-order valence-corrected chi connectivity index (χ0v) is 4.44. The van der Waals surface area contributed by atoms with E-state index in [-0.39, 0.29) is 0 Å². The van der Waals surface area contributed by atoms with Crippen molar-refractivity contribution in [2.24, 2.45) is 0 Å². The molecule has 0 aromatic rings. The molecule has 0 aromatic heterocycles. The van der Waals surface area contributed by atoms with Crippen molar-refractivity contribution in [3.63, 3.8) is 0 Å². The average Bonchev–Trinajstić information content (AvgIpc) is 1.63. The van der Waals surface area contributed by atoms with Gasteiger partial charge in [0.05, 0.1) is 0 Å². The van der Waals surface area contributed by atoms with Crippen molar-refractivity contribution in [3.8, 4) is 0 Å². The second kappa shape index (κ2) is 4.17. The second-order valence-electron chi connectivity index (χ2n) is 1.22. The summed E-state index contributed by atoms with van der Waals surface area (Å²) in [5.41, 5.74) is 0. The lowest BCUT2D eigenvalue weighted by Gasteiger charge is -1.96. The van der Waals surface area contributed by atoms with Gasteiger partial charge in [-0.2, -0.15) is 0 Å². The highest BCUT2D eigenvalue weighted by atomic mass is 19.3. The van der Waals surface area contributed by atoms with E-state index in [9.17, 15) is 18.0 Å². The number of hydrogen-bond acceptors (Lipinski definition) is 2. The fourth-order valence-electron chi connectivity index (χ4n) is 0.246. The first-order valence-corrected chi connectivity index (χ1v) is 2.16. The first-order chi connectivity index (χ1) is 4.16. The number of halogens is 3. The molecule has 0 fully saturated rings. The van der Waals surface area contributed by atoms with E-state index in [2.05, 4.69) is 4.74 Å². The van der Waals surface area contributed by atoms with E-state index >= 15 is 0 Å². The van der Waals surface area contributed by atoms with Crippen molar-refractivity contribution < 1.29 is 22.7 Å². The van der Waals surface area contributed by atoms with Crippen LogP contribution in [0.5, 0.6) is 0 Å². The van der Waals surface area contributed by atoms with Crippen LogP contribution in [0.3, 0.4) is 0 Å². The first-order valence-electron chi connectivity index (χ1n) is 2.16. The van der Waals surface area contributed by atoms with Crippen molar-refractivity contribution in [1.82, 2.24) is 0 Å². The maximum Gasteiger partial charge on any atom is 0.313 e. The van der Waals surface area contributed by atoms with Gasteiger partial charge >= 0.3 is 5.97 Å². The Morgan fingerprint density at radius 2 is 2.11 bits per heavy atom. The lowest BCUT2D eigenvalue weighted by atomic mass is 10.5. The van der Waals surface area contributed by atoms with Gasteiger partial charge < -0.3 is 4.74 Å². The number of carbonyl (C=O) groups is 1. The van der Waals surface area contributed by atoms with Crippen molar-refractivity contribution in [2.75, 3.05) is 6.86 Å². The molecule has 0 aliphatic carbocycles. The van der Waals surface area contributed by atoms with E-state index in [1.165, 1.54) is 0 Å². The van der Waals surface area contributed by atoms with Crippen LogP contribution in [0.15, 0.2) is 0 Å². The first kappa shape index (κ1) is 8.26. The van der Waals surface area contributed by atoms with Gasteiger partial charge in [-0.1, -0.05) is 0 Å². The maximum absolute atomic E-state index is 11.2. The van der Waals surface area contributed by atoms with Crippen molar-refractivity contribution in [1.29, 1.82) is 0 Å². The van der Waals surface area contributed by atoms with Gasteiger partial charge in [-0.25, -0.2) is 13.2 Å². The van der Waals surface area contributed by atoms with Crippen LogP contribution in [-0.4, -0.2) is 19.3 Å². The summed E-state index contributed by atoms with van der Waals surface area (Å²) in [6.45, 7) is -1.34. The molecule has 0 N–H and O–H groups in total. The monoisotopic (exact) mass is 142 g/mol. The summed E-state index contributed by atoms with van der Waals surface area (Å²) in [6.07, 6.45) is -3.80. The molecule has 0 atom stereocenters. The number of carbonyl (C=O) groups excluding carboxylic acids is 1. The number of ether oxygens (including phenoxy) is 1. The second-order valence-corrected chi connectivity index (χ2v) is 1.22. The Labute approximate surface area is 49.6 Å². The van der Waals surface area contributed by atoms with E-state index in [1.807, 2.05) is 0 Å². The van der Waals surface area contributed by atoms with Gasteiger partial charge in [-0.15, -0.1) is 0 Å². The molecule has 0 aromatic carbocycles. The fourth-order valence-corrected chi connectivity index (χ4v) is 0.246. The summed E-state index contributed by atoms with van der Waals surface area (Å²) >= 11 is 0. The molecule has 0 aliphatic heterocycles. The molecular formula is C4H5F3O2. The lowest BCUT2D eigenvalue weighted by Crippen LogP contribution is -2.07. The molecule has 2 nitrogen and oxygen atoms in total. The van der Waals surface area contributed by atoms with Crippen LogP contribution in [0.25, 0.3) is 0 Å². The molecule has 0 saturated carbocycles. The molecule has 54 valence electrons. The van der Waals surface area contributed by atoms with E-state index in [0.717, 1.165) is 0 Å². The van der Waals surface area contributed by atoms with Crippen molar-refractivity contribution in [3.05, 3.63) is 0 Å². The summed E-state index contributed by atoms with van der Waals surface area (Å²) in [6, 6.07) is 0. The molecule has 0 amide bonds. The minimum absolute atomic E-state index is 1.04. The molecule has 0 saturated heterocycles. The van der Waals surface area contributed by atoms with Crippen molar-refractivity contribution >= 4 is 5.97 Å². The van der Waals surface area contributed by atoms with Crippen LogP contribution < -0.4 is 0 Å². The minimum atomic E-state index is -2.76. The largest absolute Gasteiger partial charge is 0.434 e. The SMILES string of the molecule is O=C(CC(F)F)OCF. The highest BCUT2D eigenvalue weighted by molar-refractivity contribution is 5.69. The summed E-state index contributed by atoms with van der Waals surface area (Å²) < 4.78 is 36.9. The quantitative estimate of drug-likeness (QED) is 0.552. The van der Waals surface area contributed by atoms with E-state index < -0.39 is 25.7 Å². The highest BCUT2D eigenvalue weighted by Gasteiger charge is 2.10. The molecule has 5 heteroatoms. The Hall–Kier alpha value is -0.740. The predicted octanol–water partition coefficient (Wildman–Crippen LogP) is 1.11. The highest BCUT2D eigenvalue weighted by Crippen LogP contribution is 1.99. The number of esters is 1. The molecule has 0 radical (unpaired) electrons. The molecule has 0 bridgehead atoms. The number of rotatable bonds is 3. The molecule has 0 rings (SSSR count). The van der Waals surface area contributed by atoms with Gasteiger partial charge in [0.25, 0.3) is 0 Å². The Balaban J connectivity index is 3.27. The lowest BCUT2D eigenvalue weighted by molar-refractivity contribution is -0.150. The Kier molecular flexibility index (Phi) is 3.83. The predicted molar refractivity (Wildman–Crippen MR) is 22.7 cm³/mol. The summed E-state index contributed by atoms with van der Waals surface area (Å²) in [5, 5.41) is 0.